The summed E-state index contributed by atoms with van der Waals surface area (Å²) in [5.74, 6) is 1.13. The number of aryl methyl sites for hydroxylation is 2. The number of hydrogen-bond acceptors (Lipinski definition) is 5. The Labute approximate surface area is 169 Å². The Balaban J connectivity index is 1.58. The highest BCUT2D eigenvalue weighted by molar-refractivity contribution is 7.89. The normalized spacial score (nSPS) is 18.0. The van der Waals surface area contributed by atoms with Crippen LogP contribution in [-0.4, -0.2) is 34.0 Å². The summed E-state index contributed by atoms with van der Waals surface area (Å²) in [5.41, 5.74) is 1.54. The molecule has 4 rings (SSSR count). The summed E-state index contributed by atoms with van der Waals surface area (Å²) in [4.78, 5) is 4.61. The van der Waals surface area contributed by atoms with E-state index in [4.69, 9.17) is 16.0 Å². The van der Waals surface area contributed by atoms with E-state index >= 15 is 0 Å². The third-order valence-corrected chi connectivity index (χ3v) is 7.17. The average Bonchev–Trinajstić information content (AvgIpc) is 3.36. The van der Waals surface area contributed by atoms with E-state index < -0.39 is 16.1 Å². The number of oxazole rings is 1. The number of hydrogen-bond donors (Lipinski definition) is 0. The molecule has 1 aromatic carbocycles. The summed E-state index contributed by atoms with van der Waals surface area (Å²) < 4.78 is 35.3. The molecule has 2 aromatic heterocycles. The first kappa shape index (κ1) is 19.2. The quantitative estimate of drug-likeness (QED) is 0.631. The van der Waals surface area contributed by atoms with Crippen LogP contribution >= 0.6 is 11.6 Å². The van der Waals surface area contributed by atoms with Crippen LogP contribution in [-0.2, 0) is 23.5 Å². The summed E-state index contributed by atoms with van der Waals surface area (Å²) in [6.07, 6.45) is 5.23. The lowest BCUT2D eigenvalue weighted by Gasteiger charge is -2.21. The Hall–Kier alpha value is -2.16. The van der Waals surface area contributed by atoms with Crippen LogP contribution in [0.15, 0.2) is 46.0 Å². The van der Waals surface area contributed by atoms with Gasteiger partial charge in [-0.05, 0) is 37.5 Å². The van der Waals surface area contributed by atoms with Gasteiger partial charge < -0.3 is 4.42 Å². The molecule has 0 radical (unpaired) electrons. The highest BCUT2D eigenvalue weighted by atomic mass is 35.5. The Morgan fingerprint density at radius 1 is 1.29 bits per heavy atom. The van der Waals surface area contributed by atoms with Crippen molar-refractivity contribution in [1.82, 2.24) is 19.1 Å². The minimum absolute atomic E-state index is 0.231. The maximum Gasteiger partial charge on any atom is 0.247 e. The predicted molar refractivity (Wildman–Crippen MR) is 105 cm³/mol. The van der Waals surface area contributed by atoms with Crippen LogP contribution in [0.4, 0.5) is 0 Å². The molecule has 1 saturated heterocycles. The zero-order chi connectivity index (χ0) is 19.9. The fraction of sp³-hybridized carbons (Fsp3) is 0.368. The van der Waals surface area contributed by atoms with Crippen molar-refractivity contribution >= 4 is 21.6 Å². The van der Waals surface area contributed by atoms with E-state index in [-0.39, 0.29) is 4.90 Å². The van der Waals surface area contributed by atoms with Crippen molar-refractivity contribution in [3.63, 3.8) is 0 Å². The second-order valence-corrected chi connectivity index (χ2v) is 9.29. The molecule has 1 atom stereocenters. The number of sulfonamides is 1. The fourth-order valence-electron chi connectivity index (χ4n) is 3.59. The highest BCUT2D eigenvalue weighted by Gasteiger charge is 2.40. The molecule has 1 aliphatic rings. The largest absolute Gasteiger partial charge is 0.444 e. The molecule has 0 saturated carbocycles. The summed E-state index contributed by atoms with van der Waals surface area (Å²) in [6.45, 7) is 2.14. The second kappa shape index (κ2) is 7.35. The van der Waals surface area contributed by atoms with Crippen molar-refractivity contribution in [3.8, 4) is 0 Å². The first-order valence-electron chi connectivity index (χ1n) is 9.06. The van der Waals surface area contributed by atoms with Gasteiger partial charge in [-0.15, -0.1) is 0 Å². The number of nitrogens with zero attached hydrogens (tertiary/aromatic N) is 4. The molecule has 0 spiro atoms. The van der Waals surface area contributed by atoms with Gasteiger partial charge in [-0.2, -0.15) is 9.40 Å². The van der Waals surface area contributed by atoms with Crippen molar-refractivity contribution < 1.29 is 12.8 Å². The standard InChI is InChI=1S/C19H21ClN4O3S/c1-13-18(12-23(2)22-13)28(25,26)24-9-3-4-17(24)19-21-11-16(27-19)10-14-5-7-15(20)8-6-14/h5-8,11-12,17H,3-4,9-10H2,1-2H3/t17-/m0/s1. The van der Waals surface area contributed by atoms with E-state index in [0.29, 0.717) is 41.8 Å². The Morgan fingerprint density at radius 3 is 2.71 bits per heavy atom. The van der Waals surface area contributed by atoms with Gasteiger partial charge in [0.2, 0.25) is 15.9 Å². The molecule has 0 unspecified atom stereocenters. The number of aromatic nitrogens is 3. The van der Waals surface area contributed by atoms with Crippen molar-refractivity contribution in [2.24, 2.45) is 7.05 Å². The van der Waals surface area contributed by atoms with Crippen molar-refractivity contribution in [2.45, 2.75) is 37.1 Å². The van der Waals surface area contributed by atoms with E-state index in [9.17, 15) is 8.42 Å². The number of rotatable bonds is 5. The lowest BCUT2D eigenvalue weighted by molar-refractivity contribution is 0.322. The van der Waals surface area contributed by atoms with Gasteiger partial charge in [0.05, 0.1) is 11.9 Å². The van der Waals surface area contributed by atoms with Crippen LogP contribution in [0.3, 0.4) is 0 Å². The van der Waals surface area contributed by atoms with Crippen LogP contribution in [0, 0.1) is 6.92 Å². The van der Waals surface area contributed by atoms with Crippen LogP contribution in [0.1, 0.15) is 41.8 Å². The maximum absolute atomic E-state index is 13.2. The first-order valence-corrected chi connectivity index (χ1v) is 10.9. The molecule has 0 N–H and O–H groups in total. The third-order valence-electron chi connectivity index (χ3n) is 4.91. The van der Waals surface area contributed by atoms with Gasteiger partial charge in [0, 0.05) is 31.2 Å². The summed E-state index contributed by atoms with van der Waals surface area (Å²) in [5, 5.41) is 4.85. The van der Waals surface area contributed by atoms with Gasteiger partial charge in [-0.25, -0.2) is 13.4 Å². The van der Waals surface area contributed by atoms with E-state index in [2.05, 4.69) is 10.1 Å². The molecule has 3 aromatic rings. The smallest absolute Gasteiger partial charge is 0.247 e. The van der Waals surface area contributed by atoms with Gasteiger partial charge in [0.25, 0.3) is 0 Å². The summed E-state index contributed by atoms with van der Waals surface area (Å²) in [7, 11) is -1.95. The zero-order valence-corrected chi connectivity index (χ0v) is 17.2. The van der Waals surface area contributed by atoms with E-state index in [1.165, 1.54) is 8.99 Å². The lowest BCUT2D eigenvalue weighted by Crippen LogP contribution is -2.31. The second-order valence-electron chi connectivity index (χ2n) is 6.99. The van der Waals surface area contributed by atoms with Gasteiger partial charge in [-0.1, -0.05) is 23.7 Å². The lowest BCUT2D eigenvalue weighted by atomic mass is 10.1. The SMILES string of the molecule is Cc1nn(C)cc1S(=O)(=O)N1CCC[C@H]1c1ncc(Cc2ccc(Cl)cc2)o1. The van der Waals surface area contributed by atoms with Gasteiger partial charge in [0.1, 0.15) is 16.7 Å². The predicted octanol–water partition coefficient (Wildman–Crippen LogP) is 3.49. The summed E-state index contributed by atoms with van der Waals surface area (Å²) >= 11 is 5.92. The van der Waals surface area contributed by atoms with Gasteiger partial charge in [0.15, 0.2) is 0 Å². The monoisotopic (exact) mass is 420 g/mol. The maximum atomic E-state index is 13.2. The highest BCUT2D eigenvalue weighted by Crippen LogP contribution is 2.37. The van der Waals surface area contributed by atoms with Crippen molar-refractivity contribution in [1.29, 1.82) is 0 Å². The molecule has 28 heavy (non-hydrogen) atoms. The van der Waals surface area contributed by atoms with Crippen LogP contribution in [0.2, 0.25) is 5.02 Å². The van der Waals surface area contributed by atoms with E-state index in [1.54, 1.807) is 26.4 Å². The van der Waals surface area contributed by atoms with Crippen LogP contribution in [0.5, 0.6) is 0 Å². The Bertz CT molecular complexity index is 1090. The average molecular weight is 421 g/mol. The molecule has 1 aliphatic heterocycles. The third kappa shape index (κ3) is 3.59. The van der Waals surface area contributed by atoms with Gasteiger partial charge in [-0.3, -0.25) is 4.68 Å². The van der Waals surface area contributed by atoms with E-state index in [0.717, 1.165) is 12.0 Å². The van der Waals surface area contributed by atoms with Crippen LogP contribution in [0.25, 0.3) is 0 Å². The first-order chi connectivity index (χ1) is 13.3. The summed E-state index contributed by atoms with van der Waals surface area (Å²) in [6, 6.07) is 7.12. The molecule has 0 aliphatic carbocycles. The van der Waals surface area contributed by atoms with Crippen molar-refractivity contribution in [3.05, 3.63) is 64.6 Å². The van der Waals surface area contributed by atoms with Gasteiger partial charge >= 0.3 is 0 Å². The molecule has 0 amide bonds. The van der Waals surface area contributed by atoms with E-state index in [1.807, 2.05) is 24.3 Å². The molecule has 148 valence electrons. The minimum Gasteiger partial charge on any atom is -0.444 e. The van der Waals surface area contributed by atoms with Crippen molar-refractivity contribution in [2.75, 3.05) is 6.54 Å². The minimum atomic E-state index is -3.66. The molecular weight excluding hydrogens is 400 g/mol. The number of halogens is 1. The molecule has 1 fully saturated rings. The number of benzene rings is 1. The molecule has 3 heterocycles. The molecular formula is C19H21ClN4O3S. The topological polar surface area (TPSA) is 81.2 Å². The Morgan fingerprint density at radius 2 is 2.04 bits per heavy atom. The molecule has 9 heteroatoms. The Kier molecular flexibility index (Phi) is 5.03. The van der Waals surface area contributed by atoms with Crippen LogP contribution < -0.4 is 0 Å². The molecule has 0 bridgehead atoms. The molecule has 7 nitrogen and oxygen atoms in total. The zero-order valence-electron chi connectivity index (χ0n) is 15.7. The fourth-order valence-corrected chi connectivity index (χ4v) is 5.57.